The Morgan fingerprint density at radius 3 is 2.67 bits per heavy atom. The molecule has 1 N–H and O–H groups in total. The Labute approximate surface area is 142 Å². The van der Waals surface area contributed by atoms with Crippen LogP contribution >= 0.6 is 31.9 Å². The molecule has 2 rings (SSSR count). The van der Waals surface area contributed by atoms with Crippen molar-refractivity contribution in [1.29, 1.82) is 0 Å². The molecule has 0 saturated heterocycles. The monoisotopic (exact) mass is 415 g/mol. The smallest absolute Gasteiger partial charge is 0.134 e. The molecule has 1 heterocycles. The zero-order valence-electron chi connectivity index (χ0n) is 12.4. The maximum atomic E-state index is 5.90. The van der Waals surface area contributed by atoms with Gasteiger partial charge in [-0.05, 0) is 63.0 Å². The number of rotatable bonds is 6. The second kappa shape index (κ2) is 7.42. The summed E-state index contributed by atoms with van der Waals surface area (Å²) in [7, 11) is 1.92. The lowest BCUT2D eigenvalue weighted by Crippen LogP contribution is -2.11. The summed E-state index contributed by atoms with van der Waals surface area (Å²) >= 11 is 7.12. The summed E-state index contributed by atoms with van der Waals surface area (Å²) in [6.07, 6.45) is 0. The molecule has 0 bridgehead atoms. The van der Waals surface area contributed by atoms with Gasteiger partial charge in [0.25, 0.3) is 0 Å². The van der Waals surface area contributed by atoms with E-state index in [0.717, 1.165) is 39.2 Å². The Bertz CT molecular complexity index is 626. The summed E-state index contributed by atoms with van der Waals surface area (Å²) in [6.45, 7) is 6.37. The second-order valence-electron chi connectivity index (χ2n) is 4.80. The quantitative estimate of drug-likeness (QED) is 0.774. The van der Waals surface area contributed by atoms with Gasteiger partial charge in [-0.2, -0.15) is 5.10 Å². The lowest BCUT2D eigenvalue weighted by molar-refractivity contribution is 0.292. The molecule has 1 aromatic carbocycles. The molecular weight excluding hydrogens is 398 g/mol. The zero-order valence-corrected chi connectivity index (χ0v) is 15.6. The minimum atomic E-state index is 0.475. The molecule has 0 aliphatic carbocycles. The van der Waals surface area contributed by atoms with E-state index in [-0.39, 0.29) is 0 Å². The fourth-order valence-electron chi connectivity index (χ4n) is 2.02. The molecule has 6 heteroatoms. The number of nitrogens with one attached hydrogen (secondary N) is 1. The van der Waals surface area contributed by atoms with Crippen LogP contribution in [0.2, 0.25) is 0 Å². The highest BCUT2D eigenvalue weighted by molar-refractivity contribution is 9.10. The first-order valence-electron chi connectivity index (χ1n) is 6.82. The lowest BCUT2D eigenvalue weighted by Gasteiger charge is -2.10. The van der Waals surface area contributed by atoms with Gasteiger partial charge >= 0.3 is 0 Å². The van der Waals surface area contributed by atoms with E-state index in [2.05, 4.69) is 61.3 Å². The Kier molecular flexibility index (Phi) is 5.84. The van der Waals surface area contributed by atoms with Crippen molar-refractivity contribution >= 4 is 31.9 Å². The van der Waals surface area contributed by atoms with Crippen molar-refractivity contribution in [2.24, 2.45) is 7.05 Å². The van der Waals surface area contributed by atoms with Gasteiger partial charge in [0.1, 0.15) is 12.4 Å². The van der Waals surface area contributed by atoms with Crippen molar-refractivity contribution in [3.8, 4) is 5.75 Å². The number of halogens is 2. The molecule has 0 radical (unpaired) electrons. The van der Waals surface area contributed by atoms with Gasteiger partial charge in [0, 0.05) is 13.6 Å². The maximum Gasteiger partial charge on any atom is 0.134 e. The number of aryl methyl sites for hydroxylation is 2. The number of aromatic nitrogens is 2. The zero-order chi connectivity index (χ0) is 15.4. The molecule has 2 aromatic rings. The third kappa shape index (κ3) is 4.08. The molecule has 21 heavy (non-hydrogen) atoms. The summed E-state index contributed by atoms with van der Waals surface area (Å²) < 4.78 is 9.71. The predicted octanol–water partition coefficient (Wildman–Crippen LogP) is 3.94. The molecule has 114 valence electrons. The van der Waals surface area contributed by atoms with Gasteiger partial charge in [0.15, 0.2) is 0 Å². The Morgan fingerprint density at radius 1 is 1.33 bits per heavy atom. The molecule has 1 aromatic heterocycles. The summed E-state index contributed by atoms with van der Waals surface area (Å²) in [4.78, 5) is 0. The topological polar surface area (TPSA) is 39.1 Å². The van der Waals surface area contributed by atoms with Crippen LogP contribution in [0.3, 0.4) is 0 Å². The first-order chi connectivity index (χ1) is 10.0. The van der Waals surface area contributed by atoms with Crippen LogP contribution in [-0.2, 0) is 20.2 Å². The van der Waals surface area contributed by atoms with Crippen molar-refractivity contribution in [2.45, 2.75) is 27.0 Å². The molecule has 0 saturated carbocycles. The summed E-state index contributed by atoms with van der Waals surface area (Å²) in [5.74, 6) is 0.834. The summed E-state index contributed by atoms with van der Waals surface area (Å²) in [5.41, 5.74) is 3.22. The fourth-order valence-corrected chi connectivity index (χ4v) is 3.01. The van der Waals surface area contributed by atoms with Crippen LogP contribution in [-0.4, -0.2) is 16.3 Å². The molecule has 0 fully saturated rings. The third-order valence-electron chi connectivity index (χ3n) is 3.20. The molecule has 0 atom stereocenters. The van der Waals surface area contributed by atoms with E-state index in [9.17, 15) is 0 Å². The number of hydrogen-bond acceptors (Lipinski definition) is 3. The average molecular weight is 417 g/mol. The summed E-state index contributed by atoms with van der Waals surface area (Å²) in [6, 6.07) is 6.15. The van der Waals surface area contributed by atoms with Gasteiger partial charge in [-0.15, -0.1) is 0 Å². The molecule has 4 nitrogen and oxygen atoms in total. The van der Waals surface area contributed by atoms with Gasteiger partial charge in [-0.1, -0.05) is 13.0 Å². The van der Waals surface area contributed by atoms with Gasteiger partial charge in [0.05, 0.1) is 20.3 Å². The highest BCUT2D eigenvalue weighted by atomic mass is 79.9. The van der Waals surface area contributed by atoms with E-state index >= 15 is 0 Å². The normalized spacial score (nSPS) is 10.9. The first-order valence-corrected chi connectivity index (χ1v) is 8.41. The minimum absolute atomic E-state index is 0.475. The van der Waals surface area contributed by atoms with Crippen LogP contribution in [0.15, 0.2) is 27.1 Å². The van der Waals surface area contributed by atoms with Crippen LogP contribution in [0.25, 0.3) is 0 Å². The van der Waals surface area contributed by atoms with Crippen LogP contribution in [0.5, 0.6) is 5.75 Å². The lowest BCUT2D eigenvalue weighted by atomic mass is 10.2. The third-order valence-corrected chi connectivity index (χ3v) is 4.85. The Morgan fingerprint density at radius 2 is 2.10 bits per heavy atom. The maximum absolute atomic E-state index is 5.90. The number of nitrogens with zero attached hydrogens (tertiary/aromatic N) is 2. The van der Waals surface area contributed by atoms with E-state index < -0.39 is 0 Å². The van der Waals surface area contributed by atoms with Crippen molar-refractivity contribution in [2.75, 3.05) is 6.54 Å². The summed E-state index contributed by atoms with van der Waals surface area (Å²) in [5, 5.41) is 7.67. The Hall–Kier alpha value is -0.850. The number of benzene rings is 1. The molecule has 0 spiro atoms. The molecule has 0 aliphatic heterocycles. The molecule has 0 unspecified atom stereocenters. The number of hydrogen-bond donors (Lipinski definition) is 1. The van der Waals surface area contributed by atoms with E-state index in [1.807, 2.05) is 24.7 Å². The van der Waals surface area contributed by atoms with Crippen molar-refractivity contribution in [3.63, 3.8) is 0 Å². The van der Waals surface area contributed by atoms with Gasteiger partial charge in [0.2, 0.25) is 0 Å². The van der Waals surface area contributed by atoms with Gasteiger partial charge < -0.3 is 10.1 Å². The van der Waals surface area contributed by atoms with Crippen LogP contribution in [0, 0.1) is 6.92 Å². The van der Waals surface area contributed by atoms with Crippen molar-refractivity contribution < 1.29 is 4.74 Å². The van der Waals surface area contributed by atoms with E-state index in [4.69, 9.17) is 4.74 Å². The highest BCUT2D eigenvalue weighted by Crippen LogP contribution is 2.28. The minimum Gasteiger partial charge on any atom is -0.486 e. The largest absolute Gasteiger partial charge is 0.486 e. The average Bonchev–Trinajstić information content (AvgIpc) is 2.69. The standard InChI is InChI=1S/C15H19Br2N3O/c1-4-18-8-11-5-6-14(12(16)7-11)21-9-13-15(17)10(2)19-20(13)3/h5-7,18H,4,8-9H2,1-3H3. The fraction of sp³-hybridized carbons (Fsp3) is 0.400. The second-order valence-corrected chi connectivity index (χ2v) is 6.45. The SMILES string of the molecule is CCNCc1ccc(OCc2c(Br)c(C)nn2C)c(Br)c1. The Balaban J connectivity index is 2.06. The van der Waals surface area contributed by atoms with Crippen molar-refractivity contribution in [3.05, 3.63) is 44.1 Å². The molecule has 0 aliphatic rings. The first kappa shape index (κ1) is 16.5. The predicted molar refractivity (Wildman–Crippen MR) is 91.5 cm³/mol. The van der Waals surface area contributed by atoms with Crippen LogP contribution in [0.4, 0.5) is 0 Å². The van der Waals surface area contributed by atoms with E-state index in [1.165, 1.54) is 5.56 Å². The number of ether oxygens (including phenoxy) is 1. The van der Waals surface area contributed by atoms with Gasteiger partial charge in [-0.25, -0.2) is 0 Å². The van der Waals surface area contributed by atoms with Gasteiger partial charge in [-0.3, -0.25) is 4.68 Å². The van der Waals surface area contributed by atoms with E-state index in [1.54, 1.807) is 0 Å². The van der Waals surface area contributed by atoms with Crippen molar-refractivity contribution in [1.82, 2.24) is 15.1 Å². The molecule has 0 amide bonds. The van der Waals surface area contributed by atoms with Crippen LogP contribution in [0.1, 0.15) is 23.9 Å². The highest BCUT2D eigenvalue weighted by Gasteiger charge is 2.12. The van der Waals surface area contributed by atoms with Crippen LogP contribution < -0.4 is 10.1 Å². The molecular formula is C15H19Br2N3O. The van der Waals surface area contributed by atoms with E-state index in [0.29, 0.717) is 6.61 Å².